The van der Waals surface area contributed by atoms with Gasteiger partial charge in [-0.25, -0.2) is 18.7 Å². The maximum atomic E-state index is 15.5. The monoisotopic (exact) mass is 600 g/mol. The van der Waals surface area contributed by atoms with Gasteiger partial charge >= 0.3 is 5.69 Å². The third-order valence-corrected chi connectivity index (χ3v) is 8.73. The van der Waals surface area contributed by atoms with E-state index in [0.717, 1.165) is 12.0 Å². The lowest BCUT2D eigenvalue weighted by molar-refractivity contribution is -0.126. The molecule has 9 nitrogen and oxygen atoms in total. The smallest absolute Gasteiger partial charge is 0.355 e. The van der Waals surface area contributed by atoms with Crippen LogP contribution in [0.25, 0.3) is 28.0 Å². The first-order chi connectivity index (χ1) is 20.8. The van der Waals surface area contributed by atoms with E-state index in [4.69, 9.17) is 21.3 Å². The summed E-state index contributed by atoms with van der Waals surface area (Å²) in [7, 11) is 0. The minimum Gasteiger partial charge on any atom is -0.490 e. The molecule has 43 heavy (non-hydrogen) atoms. The topological polar surface area (TPSA) is 92.6 Å². The molecule has 2 aromatic carbocycles. The summed E-state index contributed by atoms with van der Waals surface area (Å²) >= 11 is 6.91. The van der Waals surface area contributed by atoms with Crippen LogP contribution in [0.2, 0.25) is 5.02 Å². The predicted octanol–water partition coefficient (Wildman–Crippen LogP) is 5.14. The number of anilines is 2. The Morgan fingerprint density at radius 2 is 2.00 bits per heavy atom. The van der Waals surface area contributed by atoms with Crippen LogP contribution in [0.1, 0.15) is 31.7 Å². The number of hydrogen-bond donors (Lipinski definition) is 1. The van der Waals surface area contributed by atoms with Crippen molar-refractivity contribution in [3.63, 3.8) is 0 Å². The van der Waals surface area contributed by atoms with Gasteiger partial charge in [-0.1, -0.05) is 50.2 Å². The van der Waals surface area contributed by atoms with Crippen LogP contribution >= 0.6 is 11.6 Å². The Morgan fingerprint density at radius 1 is 1.19 bits per heavy atom. The summed E-state index contributed by atoms with van der Waals surface area (Å²) < 4.78 is 23.2. The van der Waals surface area contributed by atoms with Gasteiger partial charge in [0.2, 0.25) is 5.91 Å². The highest BCUT2D eigenvalue weighted by atomic mass is 35.5. The van der Waals surface area contributed by atoms with Crippen molar-refractivity contribution in [2.45, 2.75) is 38.3 Å². The number of ether oxygens (including phenoxy) is 1. The lowest BCUT2D eigenvalue weighted by Crippen LogP contribution is -2.49. The number of carbonyl (C=O) groups excluding carboxylic acids is 1. The van der Waals surface area contributed by atoms with Gasteiger partial charge in [0.1, 0.15) is 24.0 Å². The molecule has 1 saturated carbocycles. The van der Waals surface area contributed by atoms with Crippen molar-refractivity contribution in [1.29, 1.82) is 0 Å². The number of nitrogens with one attached hydrogen (secondary N) is 1. The average Bonchev–Trinajstić information content (AvgIpc) is 3.79. The first kappa shape index (κ1) is 27.4. The van der Waals surface area contributed by atoms with Crippen molar-refractivity contribution in [3.05, 3.63) is 82.0 Å². The largest absolute Gasteiger partial charge is 0.490 e. The molecular weight excluding hydrogens is 571 g/mol. The SMILES string of the molecule is C=CC(=O)N1CCN(c2nc(=O)n3c4nc(c(Cl)cc24)-c2c(F)cccc2NCCOc2cccc(C(C)C)c2-3)[C@H]2C[C@H]21. The zero-order valence-electron chi connectivity index (χ0n) is 23.8. The molecule has 2 aliphatic heterocycles. The van der Waals surface area contributed by atoms with E-state index in [1.165, 1.54) is 16.7 Å². The maximum absolute atomic E-state index is 15.5. The highest BCUT2D eigenvalue weighted by Gasteiger charge is 2.51. The van der Waals surface area contributed by atoms with Crippen LogP contribution in [-0.4, -0.2) is 63.7 Å². The van der Waals surface area contributed by atoms with E-state index in [9.17, 15) is 9.59 Å². The molecule has 2 atom stereocenters. The number of fused-ring (bicyclic) bond motifs is 6. The van der Waals surface area contributed by atoms with Crippen LogP contribution in [0.4, 0.5) is 15.9 Å². The molecule has 220 valence electrons. The second-order valence-corrected chi connectivity index (χ2v) is 11.7. The first-order valence-electron chi connectivity index (χ1n) is 14.4. The molecule has 2 bridgehead atoms. The van der Waals surface area contributed by atoms with Gasteiger partial charge in [0.05, 0.1) is 39.4 Å². The van der Waals surface area contributed by atoms with E-state index in [1.807, 2.05) is 36.9 Å². The van der Waals surface area contributed by atoms with Gasteiger partial charge in [-0.05, 0) is 48.2 Å². The molecule has 0 spiro atoms. The lowest BCUT2D eigenvalue weighted by Gasteiger charge is -2.35. The number of nitrogens with zero attached hydrogens (tertiary/aromatic N) is 5. The summed E-state index contributed by atoms with van der Waals surface area (Å²) in [5, 5.41) is 4.04. The van der Waals surface area contributed by atoms with Crippen LogP contribution in [0.5, 0.6) is 5.75 Å². The van der Waals surface area contributed by atoms with Crippen molar-refractivity contribution in [2.75, 3.05) is 36.5 Å². The zero-order valence-corrected chi connectivity index (χ0v) is 24.6. The van der Waals surface area contributed by atoms with E-state index in [2.05, 4.69) is 21.8 Å². The average molecular weight is 601 g/mol. The van der Waals surface area contributed by atoms with E-state index in [1.54, 1.807) is 18.2 Å². The molecule has 4 heterocycles. The van der Waals surface area contributed by atoms with Gasteiger partial charge < -0.3 is 19.9 Å². The van der Waals surface area contributed by atoms with Crippen LogP contribution in [0.15, 0.2) is 59.9 Å². The Hall–Kier alpha value is -4.44. The van der Waals surface area contributed by atoms with Crippen molar-refractivity contribution in [2.24, 2.45) is 0 Å². The van der Waals surface area contributed by atoms with Gasteiger partial charge in [-0.15, -0.1) is 0 Å². The molecule has 1 N–H and O–H groups in total. The molecule has 3 aliphatic rings. The Kier molecular flexibility index (Phi) is 6.61. The van der Waals surface area contributed by atoms with Gasteiger partial charge in [-0.3, -0.25) is 4.79 Å². The minimum absolute atomic E-state index is 0.00290. The normalized spacial score (nSPS) is 19.0. The van der Waals surface area contributed by atoms with E-state index >= 15 is 4.39 Å². The minimum atomic E-state index is -0.535. The Balaban J connectivity index is 1.53. The van der Waals surface area contributed by atoms with Gasteiger partial charge in [-0.2, -0.15) is 4.98 Å². The molecule has 11 heteroatoms. The summed E-state index contributed by atoms with van der Waals surface area (Å²) in [4.78, 5) is 40.1. The number of amides is 1. The summed E-state index contributed by atoms with van der Waals surface area (Å²) in [5.41, 5.74) is 2.13. The summed E-state index contributed by atoms with van der Waals surface area (Å²) in [6, 6.07) is 12.2. The van der Waals surface area contributed by atoms with Crippen LogP contribution in [0.3, 0.4) is 0 Å². The number of rotatable bonds is 3. The summed E-state index contributed by atoms with van der Waals surface area (Å²) in [6.07, 6.45) is 2.08. The van der Waals surface area contributed by atoms with Crippen molar-refractivity contribution in [1.82, 2.24) is 19.4 Å². The number of benzene rings is 2. The Morgan fingerprint density at radius 3 is 2.79 bits per heavy atom. The van der Waals surface area contributed by atoms with Crippen LogP contribution in [-0.2, 0) is 4.79 Å². The number of pyridine rings is 1. The second kappa shape index (κ2) is 10.4. The number of para-hydroxylation sites is 1. The third kappa shape index (κ3) is 4.43. The molecule has 1 aliphatic carbocycles. The van der Waals surface area contributed by atoms with Crippen molar-refractivity contribution in [3.8, 4) is 22.7 Å². The number of piperazine rings is 1. The van der Waals surface area contributed by atoms with Crippen molar-refractivity contribution < 1.29 is 13.9 Å². The highest BCUT2D eigenvalue weighted by Crippen LogP contribution is 2.43. The van der Waals surface area contributed by atoms with Gasteiger partial charge in [0, 0.05) is 25.3 Å². The van der Waals surface area contributed by atoms with E-state index in [0.29, 0.717) is 53.6 Å². The van der Waals surface area contributed by atoms with Gasteiger partial charge in [0.15, 0.2) is 5.65 Å². The molecule has 1 saturated heterocycles. The number of hydrogen-bond acceptors (Lipinski definition) is 7. The molecule has 7 rings (SSSR count). The number of halogens is 2. The fraction of sp³-hybridized carbons (Fsp3) is 0.312. The van der Waals surface area contributed by atoms with E-state index < -0.39 is 11.5 Å². The molecule has 2 aromatic heterocycles. The third-order valence-electron chi connectivity index (χ3n) is 8.44. The summed E-state index contributed by atoms with van der Waals surface area (Å²) in [6.45, 7) is 9.30. The molecule has 0 unspecified atom stereocenters. The molecule has 2 fully saturated rings. The highest BCUT2D eigenvalue weighted by molar-refractivity contribution is 6.34. The number of carbonyl (C=O) groups is 1. The molecule has 1 amide bonds. The van der Waals surface area contributed by atoms with Crippen LogP contribution in [0, 0.1) is 5.82 Å². The maximum Gasteiger partial charge on any atom is 0.355 e. The molecule has 4 aromatic rings. The second-order valence-electron chi connectivity index (χ2n) is 11.3. The fourth-order valence-corrected chi connectivity index (χ4v) is 6.61. The number of aromatic nitrogens is 3. The molecular formula is C32H30ClFN6O3. The Bertz CT molecular complexity index is 1870. The van der Waals surface area contributed by atoms with Crippen molar-refractivity contribution >= 4 is 40.0 Å². The first-order valence-corrected chi connectivity index (χ1v) is 14.8. The van der Waals surface area contributed by atoms with E-state index in [-0.39, 0.29) is 46.8 Å². The quantitative estimate of drug-likeness (QED) is 0.325. The predicted molar refractivity (Wildman–Crippen MR) is 165 cm³/mol. The lowest BCUT2D eigenvalue weighted by atomic mass is 10.00. The fourth-order valence-electron chi connectivity index (χ4n) is 6.36. The van der Waals surface area contributed by atoms with Crippen LogP contribution < -0.4 is 20.6 Å². The zero-order chi connectivity index (χ0) is 30.0. The van der Waals surface area contributed by atoms with Gasteiger partial charge in [0.25, 0.3) is 0 Å². The summed E-state index contributed by atoms with van der Waals surface area (Å²) in [5.74, 6) is 0.399. The Labute approximate surface area is 252 Å². The molecule has 0 radical (unpaired) electrons. The standard InChI is InChI=1S/C32H30ClFN6O3/c1-4-26(41)38-12-13-39(24-16-23(24)38)30-19-15-20(33)28-27-21(34)8-6-9-22(27)35-11-14-43-25-10-5-7-18(17(2)3)29(25)40(31(19)36-28)32(42)37-30/h4-10,15,17,23-24,35H,1,11-14,16H2,2-3H3/t23-,24+/m1/s1.